The highest BCUT2D eigenvalue weighted by Crippen LogP contribution is 2.21. The number of aryl methyl sites for hydroxylation is 1. The van der Waals surface area contributed by atoms with Gasteiger partial charge >= 0.3 is 0 Å². The predicted octanol–water partition coefficient (Wildman–Crippen LogP) is 2.43. The van der Waals surface area contributed by atoms with Crippen molar-refractivity contribution in [3.63, 3.8) is 0 Å². The molecule has 1 heterocycles. The summed E-state index contributed by atoms with van der Waals surface area (Å²) < 4.78 is 34.7. The summed E-state index contributed by atoms with van der Waals surface area (Å²) in [5.74, 6) is 1.74. The third kappa shape index (κ3) is 6.45. The van der Waals surface area contributed by atoms with E-state index in [1.54, 1.807) is 31.4 Å². The standard InChI is InChI=1S/C22H29NO5S/c1-17-3-5-18(6-4-17)13-23(19-11-12-29(25,26)16-19)14-20(24)15-28-22-9-7-21(27-2)8-10-22/h3-10,19-20,24H,11-16H2,1-2H3. The van der Waals surface area contributed by atoms with E-state index < -0.39 is 15.9 Å². The highest BCUT2D eigenvalue weighted by atomic mass is 32.2. The molecule has 0 bridgehead atoms. The topological polar surface area (TPSA) is 76.1 Å². The van der Waals surface area contributed by atoms with Gasteiger partial charge in [-0.3, -0.25) is 4.90 Å². The summed E-state index contributed by atoms with van der Waals surface area (Å²) in [6.45, 7) is 3.12. The summed E-state index contributed by atoms with van der Waals surface area (Å²) in [6, 6.07) is 15.3. The SMILES string of the molecule is COc1ccc(OCC(O)CN(Cc2ccc(C)cc2)C2CCS(=O)(=O)C2)cc1. The lowest BCUT2D eigenvalue weighted by Crippen LogP contribution is -2.42. The van der Waals surface area contributed by atoms with Crippen LogP contribution in [0.5, 0.6) is 11.5 Å². The van der Waals surface area contributed by atoms with E-state index in [9.17, 15) is 13.5 Å². The number of methoxy groups -OCH3 is 1. The molecular formula is C22H29NO5S. The molecule has 2 aromatic carbocycles. The Kier molecular flexibility index (Phi) is 7.16. The molecule has 1 saturated heterocycles. The minimum Gasteiger partial charge on any atom is -0.497 e. The zero-order valence-electron chi connectivity index (χ0n) is 17.0. The molecular weight excluding hydrogens is 390 g/mol. The van der Waals surface area contributed by atoms with E-state index in [1.165, 1.54) is 5.56 Å². The molecule has 6 nitrogen and oxygen atoms in total. The summed E-state index contributed by atoms with van der Waals surface area (Å²) in [6.07, 6.45) is -0.133. The van der Waals surface area contributed by atoms with E-state index in [0.717, 1.165) is 11.3 Å². The Morgan fingerprint density at radius 3 is 2.34 bits per heavy atom. The van der Waals surface area contributed by atoms with E-state index in [0.29, 0.717) is 25.3 Å². The summed E-state index contributed by atoms with van der Waals surface area (Å²) in [5, 5.41) is 10.6. The Morgan fingerprint density at radius 2 is 1.76 bits per heavy atom. The Labute approximate surface area is 173 Å². The first kappa shape index (κ1) is 21.6. The van der Waals surface area contributed by atoms with Crippen LogP contribution in [0.1, 0.15) is 17.5 Å². The molecule has 0 saturated carbocycles. The molecule has 2 unspecified atom stereocenters. The minimum absolute atomic E-state index is 0.0862. The zero-order valence-corrected chi connectivity index (χ0v) is 17.8. The molecule has 29 heavy (non-hydrogen) atoms. The van der Waals surface area contributed by atoms with E-state index in [2.05, 4.69) is 4.90 Å². The van der Waals surface area contributed by atoms with Gasteiger partial charge < -0.3 is 14.6 Å². The fourth-order valence-corrected chi connectivity index (χ4v) is 5.28. The van der Waals surface area contributed by atoms with Gasteiger partial charge in [0, 0.05) is 19.1 Å². The van der Waals surface area contributed by atoms with Crippen LogP contribution in [-0.4, -0.2) is 62.3 Å². The normalized spacial score (nSPS) is 19.2. The highest BCUT2D eigenvalue weighted by molar-refractivity contribution is 7.91. The van der Waals surface area contributed by atoms with E-state index in [-0.39, 0.29) is 24.2 Å². The maximum absolute atomic E-state index is 12.0. The van der Waals surface area contributed by atoms with E-state index in [4.69, 9.17) is 9.47 Å². The highest BCUT2D eigenvalue weighted by Gasteiger charge is 2.33. The summed E-state index contributed by atoms with van der Waals surface area (Å²) in [7, 11) is -1.40. The minimum atomic E-state index is -3.00. The van der Waals surface area contributed by atoms with Gasteiger partial charge in [-0.05, 0) is 43.2 Å². The van der Waals surface area contributed by atoms with Crippen molar-refractivity contribution in [2.75, 3.05) is 31.8 Å². The molecule has 0 spiro atoms. The lowest BCUT2D eigenvalue weighted by atomic mass is 10.1. The van der Waals surface area contributed by atoms with Crippen LogP contribution >= 0.6 is 0 Å². The van der Waals surface area contributed by atoms with E-state index in [1.807, 2.05) is 31.2 Å². The molecule has 1 fully saturated rings. The van der Waals surface area contributed by atoms with Crippen molar-refractivity contribution in [1.29, 1.82) is 0 Å². The number of nitrogens with zero attached hydrogens (tertiary/aromatic N) is 1. The number of ether oxygens (including phenoxy) is 2. The molecule has 0 aromatic heterocycles. The second kappa shape index (κ2) is 9.61. The number of rotatable bonds is 9. The number of sulfone groups is 1. The molecule has 1 N–H and O–H groups in total. The average molecular weight is 420 g/mol. The van der Waals surface area contributed by atoms with Gasteiger partial charge in [0.25, 0.3) is 0 Å². The molecule has 1 aliphatic rings. The maximum atomic E-state index is 12.0. The number of aliphatic hydroxyl groups is 1. The van der Waals surface area contributed by atoms with E-state index >= 15 is 0 Å². The third-order valence-corrected chi connectivity index (χ3v) is 6.93. The zero-order chi connectivity index (χ0) is 20.9. The quantitative estimate of drug-likeness (QED) is 0.673. The first-order valence-electron chi connectivity index (χ1n) is 9.79. The lowest BCUT2D eigenvalue weighted by molar-refractivity contribution is 0.0524. The van der Waals surface area contributed by atoms with Gasteiger partial charge in [0.2, 0.25) is 0 Å². The van der Waals surface area contributed by atoms with Crippen molar-refractivity contribution in [3.8, 4) is 11.5 Å². The van der Waals surface area contributed by atoms with Crippen LogP contribution in [0.2, 0.25) is 0 Å². The maximum Gasteiger partial charge on any atom is 0.151 e. The Hall–Kier alpha value is -2.09. The molecule has 158 valence electrons. The van der Waals surface area contributed by atoms with Crippen LogP contribution < -0.4 is 9.47 Å². The molecule has 1 aliphatic heterocycles. The Morgan fingerprint density at radius 1 is 1.10 bits per heavy atom. The summed E-state index contributed by atoms with van der Waals surface area (Å²) >= 11 is 0. The van der Waals surface area contributed by atoms with Crippen LogP contribution in [0.3, 0.4) is 0 Å². The van der Waals surface area contributed by atoms with Crippen molar-refractivity contribution in [2.45, 2.75) is 32.0 Å². The average Bonchev–Trinajstić information content (AvgIpc) is 3.07. The van der Waals surface area contributed by atoms with Crippen LogP contribution in [0.4, 0.5) is 0 Å². The first-order chi connectivity index (χ1) is 13.8. The van der Waals surface area contributed by atoms with Gasteiger partial charge in [-0.2, -0.15) is 0 Å². The van der Waals surface area contributed by atoms with Gasteiger partial charge in [-0.25, -0.2) is 8.42 Å². The second-order valence-electron chi connectivity index (χ2n) is 7.61. The molecule has 2 aromatic rings. The van der Waals surface area contributed by atoms with Gasteiger partial charge in [0.15, 0.2) is 9.84 Å². The molecule has 7 heteroatoms. The van der Waals surface area contributed by atoms with Crippen LogP contribution in [0, 0.1) is 6.92 Å². The van der Waals surface area contributed by atoms with Crippen molar-refractivity contribution < 1.29 is 23.0 Å². The smallest absolute Gasteiger partial charge is 0.151 e. The number of aliphatic hydroxyl groups excluding tert-OH is 1. The number of hydrogen-bond donors (Lipinski definition) is 1. The molecule has 2 atom stereocenters. The van der Waals surface area contributed by atoms with Crippen molar-refractivity contribution in [3.05, 3.63) is 59.7 Å². The van der Waals surface area contributed by atoms with Gasteiger partial charge in [-0.1, -0.05) is 29.8 Å². The van der Waals surface area contributed by atoms with Gasteiger partial charge in [-0.15, -0.1) is 0 Å². The van der Waals surface area contributed by atoms with Crippen LogP contribution in [-0.2, 0) is 16.4 Å². The van der Waals surface area contributed by atoms with Gasteiger partial charge in [0.1, 0.15) is 24.2 Å². The molecule has 0 amide bonds. The Balaban J connectivity index is 1.62. The van der Waals surface area contributed by atoms with Crippen LogP contribution in [0.15, 0.2) is 48.5 Å². The second-order valence-corrected chi connectivity index (χ2v) is 9.84. The predicted molar refractivity (Wildman–Crippen MR) is 113 cm³/mol. The molecule has 0 aliphatic carbocycles. The third-order valence-electron chi connectivity index (χ3n) is 5.18. The number of hydrogen-bond acceptors (Lipinski definition) is 6. The van der Waals surface area contributed by atoms with Crippen molar-refractivity contribution in [2.24, 2.45) is 0 Å². The monoisotopic (exact) mass is 419 g/mol. The Bertz CT molecular complexity index is 880. The van der Waals surface area contributed by atoms with Crippen molar-refractivity contribution in [1.82, 2.24) is 4.90 Å². The van der Waals surface area contributed by atoms with Crippen molar-refractivity contribution >= 4 is 9.84 Å². The first-order valence-corrected chi connectivity index (χ1v) is 11.6. The van der Waals surface area contributed by atoms with Crippen LogP contribution in [0.25, 0.3) is 0 Å². The number of benzene rings is 2. The largest absolute Gasteiger partial charge is 0.497 e. The summed E-state index contributed by atoms with van der Waals surface area (Å²) in [5.41, 5.74) is 2.28. The molecule has 3 rings (SSSR count). The van der Waals surface area contributed by atoms with Gasteiger partial charge in [0.05, 0.1) is 18.6 Å². The lowest BCUT2D eigenvalue weighted by Gasteiger charge is -2.30. The fraction of sp³-hybridized carbons (Fsp3) is 0.455. The molecule has 0 radical (unpaired) electrons. The summed E-state index contributed by atoms with van der Waals surface area (Å²) in [4.78, 5) is 2.07. The fourth-order valence-electron chi connectivity index (χ4n) is 3.52.